The van der Waals surface area contributed by atoms with Crippen molar-refractivity contribution in [1.82, 2.24) is 14.8 Å². The van der Waals surface area contributed by atoms with Crippen molar-refractivity contribution in [2.75, 3.05) is 5.43 Å². The molecule has 0 radical (unpaired) electrons. The molecule has 0 saturated heterocycles. The van der Waals surface area contributed by atoms with Gasteiger partial charge in [-0.05, 0) is 12.1 Å². The SMILES string of the molecule is NNc1ccc([N+](=O)[O-])c(-n2ccc(C(N)=O)n2)n1. The average Bonchev–Trinajstić information content (AvgIpc) is 2.87. The van der Waals surface area contributed by atoms with Crippen LogP contribution in [0.1, 0.15) is 10.5 Å². The van der Waals surface area contributed by atoms with Crippen LogP contribution in [-0.2, 0) is 0 Å². The number of carbonyl (C=O) groups is 1. The summed E-state index contributed by atoms with van der Waals surface area (Å²) >= 11 is 0. The minimum absolute atomic E-state index is 0.0257. The zero-order valence-electron chi connectivity index (χ0n) is 9.48. The molecule has 2 heterocycles. The summed E-state index contributed by atoms with van der Waals surface area (Å²) in [6, 6.07) is 3.90. The van der Waals surface area contributed by atoms with E-state index in [9.17, 15) is 14.9 Å². The van der Waals surface area contributed by atoms with E-state index in [2.05, 4.69) is 15.5 Å². The van der Waals surface area contributed by atoms with Crippen molar-refractivity contribution >= 4 is 17.4 Å². The topological polar surface area (TPSA) is 155 Å². The molecule has 0 atom stereocenters. The number of pyridine rings is 1. The summed E-state index contributed by atoms with van der Waals surface area (Å²) in [5, 5.41) is 14.7. The van der Waals surface area contributed by atoms with Crippen LogP contribution < -0.4 is 17.0 Å². The number of anilines is 1. The fourth-order valence-corrected chi connectivity index (χ4v) is 1.41. The number of primary amides is 1. The van der Waals surface area contributed by atoms with E-state index in [1.807, 2.05) is 0 Å². The zero-order valence-corrected chi connectivity index (χ0v) is 9.48. The highest BCUT2D eigenvalue weighted by Crippen LogP contribution is 2.22. The van der Waals surface area contributed by atoms with Gasteiger partial charge in [0, 0.05) is 12.3 Å². The maximum atomic E-state index is 10.9. The number of carbonyl (C=O) groups excluding carboxylic acids is 1. The Hall–Kier alpha value is -3.01. The lowest BCUT2D eigenvalue weighted by atomic mass is 10.4. The normalized spacial score (nSPS) is 10.2. The first kappa shape index (κ1) is 12.4. The Morgan fingerprint density at radius 3 is 2.68 bits per heavy atom. The third-order valence-corrected chi connectivity index (χ3v) is 2.26. The molecule has 0 saturated carbocycles. The fraction of sp³-hybridized carbons (Fsp3) is 0. The van der Waals surface area contributed by atoms with Gasteiger partial charge in [-0.1, -0.05) is 0 Å². The highest BCUT2D eigenvalue weighted by molar-refractivity contribution is 5.90. The molecule has 2 aromatic rings. The van der Waals surface area contributed by atoms with Crippen LogP contribution in [0.2, 0.25) is 0 Å². The molecule has 2 aromatic heterocycles. The van der Waals surface area contributed by atoms with Gasteiger partial charge in [0.1, 0.15) is 11.5 Å². The zero-order chi connectivity index (χ0) is 14.0. The molecule has 10 heteroatoms. The number of hydrogen-bond acceptors (Lipinski definition) is 7. The van der Waals surface area contributed by atoms with Crippen molar-refractivity contribution in [3.05, 3.63) is 40.2 Å². The molecule has 0 bridgehead atoms. The minimum atomic E-state index is -0.741. The number of hydrazine groups is 1. The predicted molar refractivity (Wildman–Crippen MR) is 64.3 cm³/mol. The van der Waals surface area contributed by atoms with Crippen LogP contribution in [-0.4, -0.2) is 25.6 Å². The van der Waals surface area contributed by atoms with Crippen molar-refractivity contribution in [2.24, 2.45) is 11.6 Å². The summed E-state index contributed by atoms with van der Waals surface area (Å²) in [7, 11) is 0. The number of aromatic nitrogens is 3. The molecular weight excluding hydrogens is 254 g/mol. The number of nitrogens with zero attached hydrogens (tertiary/aromatic N) is 4. The van der Waals surface area contributed by atoms with Crippen LogP contribution >= 0.6 is 0 Å². The summed E-state index contributed by atoms with van der Waals surface area (Å²) in [6.07, 6.45) is 1.34. The number of nitro groups is 1. The van der Waals surface area contributed by atoms with Gasteiger partial charge in [0.2, 0.25) is 5.82 Å². The van der Waals surface area contributed by atoms with Crippen molar-refractivity contribution in [3.63, 3.8) is 0 Å². The molecule has 0 aromatic carbocycles. The van der Waals surface area contributed by atoms with Gasteiger partial charge in [-0.2, -0.15) is 5.10 Å². The first-order chi connectivity index (χ1) is 9.02. The van der Waals surface area contributed by atoms with Crippen molar-refractivity contribution < 1.29 is 9.72 Å². The molecule has 10 nitrogen and oxygen atoms in total. The molecule has 5 N–H and O–H groups in total. The van der Waals surface area contributed by atoms with Gasteiger partial charge < -0.3 is 11.2 Å². The average molecular weight is 263 g/mol. The van der Waals surface area contributed by atoms with Gasteiger partial charge in [-0.15, -0.1) is 0 Å². The molecule has 1 amide bonds. The number of nitrogens with one attached hydrogen (secondary N) is 1. The summed E-state index contributed by atoms with van der Waals surface area (Å²) in [4.78, 5) is 25.2. The highest BCUT2D eigenvalue weighted by Gasteiger charge is 2.19. The lowest BCUT2D eigenvalue weighted by Crippen LogP contribution is -2.14. The second-order valence-electron chi connectivity index (χ2n) is 3.45. The second-order valence-corrected chi connectivity index (χ2v) is 3.45. The maximum absolute atomic E-state index is 10.9. The Balaban J connectivity index is 2.57. The van der Waals surface area contributed by atoms with Gasteiger partial charge in [0.15, 0.2) is 0 Å². The second kappa shape index (κ2) is 4.70. The Morgan fingerprint density at radius 2 is 2.16 bits per heavy atom. The van der Waals surface area contributed by atoms with Crippen LogP contribution in [0.3, 0.4) is 0 Å². The number of nitrogen functional groups attached to an aromatic ring is 1. The molecule has 0 spiro atoms. The van der Waals surface area contributed by atoms with Gasteiger partial charge >= 0.3 is 5.69 Å². The largest absolute Gasteiger partial charge is 0.364 e. The van der Waals surface area contributed by atoms with Crippen LogP contribution in [0.25, 0.3) is 5.82 Å². The lowest BCUT2D eigenvalue weighted by Gasteiger charge is -2.04. The number of rotatable bonds is 4. The van der Waals surface area contributed by atoms with Gasteiger partial charge in [-0.3, -0.25) is 14.9 Å². The highest BCUT2D eigenvalue weighted by atomic mass is 16.6. The lowest BCUT2D eigenvalue weighted by molar-refractivity contribution is -0.384. The maximum Gasteiger partial charge on any atom is 0.313 e. The first-order valence-corrected chi connectivity index (χ1v) is 5.01. The molecule has 0 aliphatic heterocycles. The molecule has 0 aliphatic carbocycles. The van der Waals surface area contributed by atoms with E-state index in [-0.39, 0.29) is 23.0 Å². The standard InChI is InChI=1S/C9H9N7O3/c10-8(17)5-3-4-15(14-5)9-6(16(18)19)1-2-7(12-9)13-11/h1-4H,11H2,(H2,10,17)(H,12,13). The van der Waals surface area contributed by atoms with E-state index < -0.39 is 10.8 Å². The fourth-order valence-electron chi connectivity index (χ4n) is 1.41. The Morgan fingerprint density at radius 1 is 1.42 bits per heavy atom. The van der Waals surface area contributed by atoms with Crippen molar-refractivity contribution in [2.45, 2.75) is 0 Å². The van der Waals surface area contributed by atoms with Gasteiger partial charge in [0.05, 0.1) is 4.92 Å². The minimum Gasteiger partial charge on any atom is -0.364 e. The molecular formula is C9H9N7O3. The van der Waals surface area contributed by atoms with Gasteiger partial charge in [0.25, 0.3) is 5.91 Å². The van der Waals surface area contributed by atoms with E-state index in [1.54, 1.807) is 0 Å². The molecule has 0 unspecified atom stereocenters. The number of amides is 1. The van der Waals surface area contributed by atoms with Crippen molar-refractivity contribution in [1.29, 1.82) is 0 Å². The Bertz CT molecular complexity index is 651. The van der Waals surface area contributed by atoms with Crippen LogP contribution in [0.4, 0.5) is 11.5 Å². The predicted octanol–water partition coefficient (Wildman–Crippen LogP) is -0.440. The number of nitrogens with two attached hydrogens (primary N) is 2. The first-order valence-electron chi connectivity index (χ1n) is 5.01. The van der Waals surface area contributed by atoms with Crippen LogP contribution in [0, 0.1) is 10.1 Å². The number of hydrogen-bond donors (Lipinski definition) is 3. The molecule has 2 rings (SSSR count). The third-order valence-electron chi connectivity index (χ3n) is 2.26. The van der Waals surface area contributed by atoms with E-state index in [4.69, 9.17) is 11.6 Å². The quantitative estimate of drug-likeness (QED) is 0.383. The summed E-state index contributed by atoms with van der Waals surface area (Å²) < 4.78 is 1.08. The molecule has 0 aliphatic rings. The summed E-state index contributed by atoms with van der Waals surface area (Å²) in [6.45, 7) is 0. The third kappa shape index (κ3) is 2.32. The van der Waals surface area contributed by atoms with E-state index >= 15 is 0 Å². The Kier molecular flexibility index (Phi) is 3.08. The smallest absolute Gasteiger partial charge is 0.313 e. The Labute approximate surface area is 106 Å². The van der Waals surface area contributed by atoms with Crippen molar-refractivity contribution in [3.8, 4) is 5.82 Å². The van der Waals surface area contributed by atoms with Crippen LogP contribution in [0.15, 0.2) is 24.4 Å². The van der Waals surface area contributed by atoms with Gasteiger partial charge in [-0.25, -0.2) is 15.5 Å². The van der Waals surface area contributed by atoms with E-state index in [1.165, 1.54) is 24.4 Å². The van der Waals surface area contributed by atoms with E-state index in [0.717, 1.165) is 4.68 Å². The molecule has 0 fully saturated rings. The monoisotopic (exact) mass is 263 g/mol. The molecule has 98 valence electrons. The summed E-state index contributed by atoms with van der Waals surface area (Å²) in [5.74, 6) is 4.59. The van der Waals surface area contributed by atoms with Crippen LogP contribution in [0.5, 0.6) is 0 Å². The summed E-state index contributed by atoms with van der Waals surface area (Å²) in [5.41, 5.74) is 7.02. The molecule has 19 heavy (non-hydrogen) atoms. The van der Waals surface area contributed by atoms with E-state index in [0.29, 0.717) is 0 Å².